The molecule has 4 rings (SSSR count). The molecule has 2 atom stereocenters. The average molecular weight is 464 g/mol. The average Bonchev–Trinajstić information content (AvgIpc) is 3.37. The van der Waals surface area contributed by atoms with Gasteiger partial charge in [-0.2, -0.15) is 0 Å². The number of hydrogen-bond acceptors (Lipinski definition) is 4. The van der Waals surface area contributed by atoms with Crippen LogP contribution in [0.15, 0.2) is 36.4 Å². The number of Topliss-reactive ketones (excluding diaryl/α,β-unsaturated/α-hetero) is 1. The second kappa shape index (κ2) is 10.5. The highest BCUT2D eigenvalue weighted by molar-refractivity contribution is 5.98. The fraction of sp³-hybridized carbons (Fsp3) is 0.444. The number of rotatable bonds is 6. The number of amides is 1. The molecule has 2 aromatic carbocycles. The molecule has 0 radical (unpaired) electrons. The number of carbonyl (C=O) groups is 2. The summed E-state index contributed by atoms with van der Waals surface area (Å²) >= 11 is 0. The van der Waals surface area contributed by atoms with E-state index in [1.807, 2.05) is 18.7 Å². The van der Waals surface area contributed by atoms with Crippen LogP contribution in [0.3, 0.4) is 0 Å². The van der Waals surface area contributed by atoms with Crippen molar-refractivity contribution in [1.82, 2.24) is 9.80 Å². The number of piperazine rings is 1. The molecule has 7 heteroatoms. The molecule has 1 amide bonds. The van der Waals surface area contributed by atoms with Gasteiger partial charge < -0.3 is 9.64 Å². The van der Waals surface area contributed by atoms with Gasteiger partial charge in [0.15, 0.2) is 11.5 Å². The van der Waals surface area contributed by atoms with E-state index >= 15 is 0 Å². The smallest absolute Gasteiger partial charge is 0.252 e. The van der Waals surface area contributed by atoms with Crippen LogP contribution in [0.4, 0.5) is 10.1 Å². The number of carbonyl (C=O) groups excluding carboxylic acids is 2. The maximum Gasteiger partial charge on any atom is 0.252 e. The van der Waals surface area contributed by atoms with Gasteiger partial charge in [-0.1, -0.05) is 18.2 Å². The van der Waals surface area contributed by atoms with Gasteiger partial charge in [0, 0.05) is 50.8 Å². The second-order valence-corrected chi connectivity index (χ2v) is 9.23. The molecular formula is C27H30FN3O3. The molecule has 0 aromatic heterocycles. The minimum absolute atomic E-state index is 0.0510. The van der Waals surface area contributed by atoms with Crippen LogP contribution in [0.1, 0.15) is 46.8 Å². The van der Waals surface area contributed by atoms with E-state index in [-0.39, 0.29) is 36.1 Å². The Morgan fingerprint density at radius 2 is 2.00 bits per heavy atom. The Hall–Kier alpha value is -3.08. The van der Waals surface area contributed by atoms with Crippen LogP contribution >= 0.6 is 0 Å². The van der Waals surface area contributed by atoms with Crippen molar-refractivity contribution < 1.29 is 18.7 Å². The Balaban J connectivity index is 1.43. The van der Waals surface area contributed by atoms with E-state index in [9.17, 15) is 14.0 Å². The van der Waals surface area contributed by atoms with Gasteiger partial charge in [0.1, 0.15) is 11.9 Å². The molecule has 0 spiro atoms. The minimum atomic E-state index is -0.362. The first kappa shape index (κ1) is 24.1. The van der Waals surface area contributed by atoms with E-state index in [0.717, 1.165) is 24.0 Å². The monoisotopic (exact) mass is 463 g/mol. The summed E-state index contributed by atoms with van der Waals surface area (Å²) in [6.07, 6.45) is 1.49. The Kier molecular flexibility index (Phi) is 7.40. The molecule has 6 nitrogen and oxygen atoms in total. The zero-order valence-corrected chi connectivity index (χ0v) is 19.7. The van der Waals surface area contributed by atoms with Gasteiger partial charge in [0.25, 0.3) is 5.91 Å². The summed E-state index contributed by atoms with van der Waals surface area (Å²) < 4.78 is 20.1. The maximum absolute atomic E-state index is 14.5. The molecule has 2 heterocycles. The number of benzene rings is 2. The van der Waals surface area contributed by atoms with Crippen LogP contribution in [-0.4, -0.2) is 59.9 Å². The summed E-state index contributed by atoms with van der Waals surface area (Å²) in [7, 11) is 0. The lowest BCUT2D eigenvalue weighted by atomic mass is 9.95. The molecule has 2 saturated heterocycles. The quantitative estimate of drug-likeness (QED) is 0.473. The zero-order valence-electron chi connectivity index (χ0n) is 19.7. The predicted octanol–water partition coefficient (Wildman–Crippen LogP) is 4.32. The lowest BCUT2D eigenvalue weighted by Gasteiger charge is -2.41. The molecular weight excluding hydrogens is 433 g/mol. The van der Waals surface area contributed by atoms with Crippen molar-refractivity contribution in [2.24, 2.45) is 0 Å². The number of nitrogens with zero attached hydrogens (tertiary/aromatic N) is 3. The predicted molar refractivity (Wildman–Crippen MR) is 127 cm³/mol. The molecule has 0 bridgehead atoms. The standard InChI is InChI=1S/C27H30FN3O3/c1-18-16-30(9-10-31(18)27(33)26-8-5-11-34-26)17-22-13-23(28)12-21(19(22)2)15-25(32)20-6-4-7-24(14-20)29-3/h4,6-7,12-14,18,26H,5,8-11,15-17H2,1-2H3/t18-,26?/m0/s1. The lowest BCUT2D eigenvalue weighted by molar-refractivity contribution is -0.145. The Labute approximate surface area is 200 Å². The van der Waals surface area contributed by atoms with Gasteiger partial charge in [-0.15, -0.1) is 0 Å². The van der Waals surface area contributed by atoms with Gasteiger partial charge >= 0.3 is 0 Å². The van der Waals surface area contributed by atoms with Crippen molar-refractivity contribution in [1.29, 1.82) is 0 Å². The highest BCUT2D eigenvalue weighted by Crippen LogP contribution is 2.24. The third-order valence-electron chi connectivity index (χ3n) is 6.83. The third kappa shape index (κ3) is 5.35. The molecule has 0 aliphatic carbocycles. The molecule has 2 aliphatic rings. The van der Waals surface area contributed by atoms with Gasteiger partial charge in [0.05, 0.1) is 6.57 Å². The van der Waals surface area contributed by atoms with Crippen LogP contribution < -0.4 is 0 Å². The van der Waals surface area contributed by atoms with E-state index in [0.29, 0.717) is 49.6 Å². The van der Waals surface area contributed by atoms with Crippen molar-refractivity contribution >= 4 is 17.4 Å². The summed E-state index contributed by atoms with van der Waals surface area (Å²) in [6, 6.07) is 9.62. The number of ketones is 1. The second-order valence-electron chi connectivity index (χ2n) is 9.23. The molecule has 2 aliphatic heterocycles. The van der Waals surface area contributed by atoms with Gasteiger partial charge in [-0.3, -0.25) is 14.5 Å². The van der Waals surface area contributed by atoms with Crippen LogP contribution in [0.5, 0.6) is 0 Å². The summed E-state index contributed by atoms with van der Waals surface area (Å²) in [5.41, 5.74) is 3.28. The van der Waals surface area contributed by atoms with E-state index in [2.05, 4.69) is 9.74 Å². The zero-order chi connectivity index (χ0) is 24.2. The van der Waals surface area contributed by atoms with Crippen molar-refractivity contribution in [3.63, 3.8) is 0 Å². The van der Waals surface area contributed by atoms with E-state index in [1.165, 1.54) is 12.1 Å². The van der Waals surface area contributed by atoms with E-state index in [1.54, 1.807) is 24.3 Å². The molecule has 34 heavy (non-hydrogen) atoms. The normalized spacial score (nSPS) is 20.8. The first-order chi connectivity index (χ1) is 16.4. The fourth-order valence-corrected chi connectivity index (χ4v) is 4.87. The third-order valence-corrected chi connectivity index (χ3v) is 6.83. The summed E-state index contributed by atoms with van der Waals surface area (Å²) in [6.45, 7) is 14.3. The van der Waals surface area contributed by atoms with E-state index < -0.39 is 0 Å². The number of ether oxygens (including phenoxy) is 1. The molecule has 1 unspecified atom stereocenters. The van der Waals surface area contributed by atoms with Crippen LogP contribution in [0, 0.1) is 19.3 Å². The van der Waals surface area contributed by atoms with Gasteiger partial charge in [-0.05, 0) is 61.6 Å². The summed E-state index contributed by atoms with van der Waals surface area (Å²) in [5, 5.41) is 0. The van der Waals surface area contributed by atoms with Crippen LogP contribution in [0.2, 0.25) is 0 Å². The van der Waals surface area contributed by atoms with Crippen molar-refractivity contribution in [3.05, 3.63) is 75.9 Å². The molecule has 2 fully saturated rings. The highest BCUT2D eigenvalue weighted by Gasteiger charge is 2.34. The molecule has 178 valence electrons. The van der Waals surface area contributed by atoms with Gasteiger partial charge in [0.2, 0.25) is 0 Å². The Bertz CT molecular complexity index is 1120. The fourth-order valence-electron chi connectivity index (χ4n) is 4.87. The van der Waals surface area contributed by atoms with Crippen LogP contribution in [0.25, 0.3) is 4.85 Å². The summed E-state index contributed by atoms with van der Waals surface area (Å²) in [5.74, 6) is -0.423. The molecule has 0 saturated carbocycles. The van der Waals surface area contributed by atoms with Gasteiger partial charge in [-0.25, -0.2) is 9.24 Å². The van der Waals surface area contributed by atoms with E-state index in [4.69, 9.17) is 11.3 Å². The SMILES string of the molecule is [C-]#[N+]c1cccc(C(=O)Cc2cc(F)cc(CN3CCN(C(=O)C4CCCO4)[C@@H](C)C3)c2C)c1. The highest BCUT2D eigenvalue weighted by atomic mass is 19.1. The number of halogens is 1. The first-order valence-electron chi connectivity index (χ1n) is 11.8. The largest absolute Gasteiger partial charge is 0.368 e. The lowest BCUT2D eigenvalue weighted by Crippen LogP contribution is -2.55. The van der Waals surface area contributed by atoms with Crippen molar-refractivity contribution in [2.45, 2.75) is 51.8 Å². The Morgan fingerprint density at radius 1 is 1.21 bits per heavy atom. The molecule has 2 aromatic rings. The minimum Gasteiger partial charge on any atom is -0.368 e. The maximum atomic E-state index is 14.5. The Morgan fingerprint density at radius 3 is 2.71 bits per heavy atom. The van der Waals surface area contributed by atoms with Crippen LogP contribution in [-0.2, 0) is 22.5 Å². The van der Waals surface area contributed by atoms with Crippen molar-refractivity contribution in [3.8, 4) is 0 Å². The topological polar surface area (TPSA) is 54.2 Å². The van der Waals surface area contributed by atoms with Crippen molar-refractivity contribution in [2.75, 3.05) is 26.2 Å². The molecule has 0 N–H and O–H groups in total. The number of hydrogen-bond donors (Lipinski definition) is 0. The summed E-state index contributed by atoms with van der Waals surface area (Å²) in [4.78, 5) is 33.1. The first-order valence-corrected chi connectivity index (χ1v) is 11.8.